The zero-order valence-corrected chi connectivity index (χ0v) is 13.3. The number of nitrogen functional groups attached to an aromatic ring is 1. The van der Waals surface area contributed by atoms with E-state index in [1.165, 1.54) is 0 Å². The number of hydrogen-bond acceptors (Lipinski definition) is 2. The molecule has 0 saturated heterocycles. The molecule has 0 bridgehead atoms. The van der Waals surface area contributed by atoms with Crippen LogP contribution in [0.4, 0.5) is 5.69 Å². The second-order valence-electron chi connectivity index (χ2n) is 4.48. The molecular formula is C15H14BrClN2O. The van der Waals surface area contributed by atoms with E-state index in [0.29, 0.717) is 27.3 Å². The van der Waals surface area contributed by atoms with Crippen molar-refractivity contribution in [3.8, 4) is 0 Å². The molecular weight excluding hydrogens is 340 g/mol. The van der Waals surface area contributed by atoms with Gasteiger partial charge in [-0.3, -0.25) is 4.79 Å². The van der Waals surface area contributed by atoms with Crippen LogP contribution in [0, 0.1) is 0 Å². The van der Waals surface area contributed by atoms with Gasteiger partial charge in [0.15, 0.2) is 0 Å². The number of halogens is 2. The van der Waals surface area contributed by atoms with E-state index in [0.717, 1.165) is 5.56 Å². The van der Waals surface area contributed by atoms with Gasteiger partial charge in [-0.1, -0.05) is 29.8 Å². The third-order valence-electron chi connectivity index (χ3n) is 2.97. The number of nitrogens with zero attached hydrogens (tertiary/aromatic N) is 1. The van der Waals surface area contributed by atoms with Crippen molar-refractivity contribution in [2.45, 2.75) is 6.54 Å². The summed E-state index contributed by atoms with van der Waals surface area (Å²) in [4.78, 5) is 14.0. The molecule has 0 atom stereocenters. The van der Waals surface area contributed by atoms with E-state index in [1.54, 1.807) is 30.1 Å². The van der Waals surface area contributed by atoms with Crippen LogP contribution < -0.4 is 5.73 Å². The Morgan fingerprint density at radius 1 is 1.30 bits per heavy atom. The van der Waals surface area contributed by atoms with E-state index in [9.17, 15) is 4.79 Å². The molecule has 2 N–H and O–H groups in total. The van der Waals surface area contributed by atoms with E-state index in [1.807, 2.05) is 24.3 Å². The third-order valence-corrected chi connectivity index (χ3v) is 3.86. The number of anilines is 1. The quantitative estimate of drug-likeness (QED) is 0.849. The van der Waals surface area contributed by atoms with E-state index in [2.05, 4.69) is 15.9 Å². The largest absolute Gasteiger partial charge is 0.398 e. The van der Waals surface area contributed by atoms with E-state index >= 15 is 0 Å². The van der Waals surface area contributed by atoms with Crippen LogP contribution in [0.15, 0.2) is 46.9 Å². The molecule has 0 aliphatic heterocycles. The molecule has 5 heteroatoms. The Morgan fingerprint density at radius 2 is 2.00 bits per heavy atom. The van der Waals surface area contributed by atoms with Gasteiger partial charge in [-0.25, -0.2) is 0 Å². The van der Waals surface area contributed by atoms with Gasteiger partial charge in [-0.2, -0.15) is 0 Å². The summed E-state index contributed by atoms with van der Waals surface area (Å²) >= 11 is 9.24. The average molecular weight is 354 g/mol. The summed E-state index contributed by atoms with van der Waals surface area (Å²) in [6, 6.07) is 12.6. The minimum Gasteiger partial charge on any atom is -0.398 e. The summed E-state index contributed by atoms with van der Waals surface area (Å²) < 4.78 is 0.683. The van der Waals surface area contributed by atoms with Crippen LogP contribution in [-0.4, -0.2) is 17.9 Å². The van der Waals surface area contributed by atoms with Crippen LogP contribution in [0.5, 0.6) is 0 Å². The average Bonchev–Trinajstić information content (AvgIpc) is 2.40. The van der Waals surface area contributed by atoms with E-state index in [4.69, 9.17) is 17.3 Å². The summed E-state index contributed by atoms with van der Waals surface area (Å²) in [6.07, 6.45) is 0. The van der Waals surface area contributed by atoms with Crippen LogP contribution >= 0.6 is 27.5 Å². The lowest BCUT2D eigenvalue weighted by Gasteiger charge is -2.19. The van der Waals surface area contributed by atoms with Crippen LogP contribution in [0.3, 0.4) is 0 Å². The molecule has 0 heterocycles. The molecule has 0 spiro atoms. The van der Waals surface area contributed by atoms with Crippen molar-refractivity contribution >= 4 is 39.1 Å². The SMILES string of the molecule is CN(Cc1ccccc1N)C(=O)c1ccc(Cl)cc1Br. The molecule has 2 rings (SSSR count). The Kier molecular flexibility index (Phi) is 4.68. The fourth-order valence-electron chi connectivity index (χ4n) is 1.87. The normalized spacial score (nSPS) is 10.3. The van der Waals surface area contributed by atoms with Gasteiger partial charge in [0, 0.05) is 28.8 Å². The Morgan fingerprint density at radius 3 is 2.65 bits per heavy atom. The maximum atomic E-state index is 12.4. The van der Waals surface area contributed by atoms with Crippen molar-refractivity contribution in [2.24, 2.45) is 0 Å². The summed E-state index contributed by atoms with van der Waals surface area (Å²) in [6.45, 7) is 0.459. The molecule has 0 fully saturated rings. The lowest BCUT2D eigenvalue weighted by molar-refractivity contribution is 0.0784. The first-order valence-electron chi connectivity index (χ1n) is 6.03. The molecule has 0 aromatic heterocycles. The van der Waals surface area contributed by atoms with Crippen LogP contribution in [0.25, 0.3) is 0 Å². The highest BCUT2D eigenvalue weighted by molar-refractivity contribution is 9.10. The van der Waals surface area contributed by atoms with Crippen LogP contribution in [-0.2, 0) is 6.54 Å². The van der Waals surface area contributed by atoms with Crippen molar-refractivity contribution < 1.29 is 4.79 Å². The van der Waals surface area contributed by atoms with Gasteiger partial charge in [0.05, 0.1) is 5.56 Å². The lowest BCUT2D eigenvalue weighted by atomic mass is 10.1. The van der Waals surface area contributed by atoms with E-state index < -0.39 is 0 Å². The molecule has 2 aromatic rings. The molecule has 0 unspecified atom stereocenters. The van der Waals surface area contributed by atoms with Gasteiger partial charge in [-0.05, 0) is 45.8 Å². The van der Waals surface area contributed by atoms with Crippen LogP contribution in [0.1, 0.15) is 15.9 Å². The summed E-state index contributed by atoms with van der Waals surface area (Å²) in [5.74, 6) is -0.0863. The Hall–Kier alpha value is -1.52. The topological polar surface area (TPSA) is 46.3 Å². The minimum atomic E-state index is -0.0863. The number of benzene rings is 2. The molecule has 0 aliphatic rings. The number of hydrogen-bond donors (Lipinski definition) is 1. The van der Waals surface area contributed by atoms with Gasteiger partial charge in [0.2, 0.25) is 0 Å². The minimum absolute atomic E-state index is 0.0863. The summed E-state index contributed by atoms with van der Waals surface area (Å²) in [7, 11) is 1.75. The fraction of sp³-hybridized carbons (Fsp3) is 0.133. The monoisotopic (exact) mass is 352 g/mol. The predicted molar refractivity (Wildman–Crippen MR) is 85.8 cm³/mol. The standard InChI is InChI=1S/C15H14BrClN2O/c1-19(9-10-4-2-3-5-14(10)18)15(20)12-7-6-11(17)8-13(12)16/h2-8H,9,18H2,1H3. The Labute approximate surface area is 131 Å². The number of amides is 1. The molecule has 0 radical (unpaired) electrons. The number of carbonyl (C=O) groups excluding carboxylic acids is 1. The van der Waals surface area contributed by atoms with Crippen molar-refractivity contribution in [1.29, 1.82) is 0 Å². The maximum Gasteiger partial charge on any atom is 0.255 e. The second kappa shape index (κ2) is 6.29. The van der Waals surface area contributed by atoms with Gasteiger partial charge >= 0.3 is 0 Å². The van der Waals surface area contributed by atoms with Crippen LogP contribution in [0.2, 0.25) is 5.02 Å². The van der Waals surface area contributed by atoms with Gasteiger partial charge < -0.3 is 10.6 Å². The molecule has 0 saturated carbocycles. The Balaban J connectivity index is 2.19. The first kappa shape index (κ1) is 14.9. The maximum absolute atomic E-state index is 12.4. The lowest BCUT2D eigenvalue weighted by Crippen LogP contribution is -2.26. The van der Waals surface area contributed by atoms with Gasteiger partial charge in [-0.15, -0.1) is 0 Å². The van der Waals surface area contributed by atoms with Crippen molar-refractivity contribution in [3.05, 3.63) is 63.1 Å². The molecule has 3 nitrogen and oxygen atoms in total. The number of nitrogens with two attached hydrogens (primary N) is 1. The summed E-state index contributed by atoms with van der Waals surface area (Å²) in [5, 5.41) is 0.586. The zero-order chi connectivity index (χ0) is 14.7. The molecule has 104 valence electrons. The number of rotatable bonds is 3. The number of para-hydroxylation sites is 1. The van der Waals surface area contributed by atoms with E-state index in [-0.39, 0.29) is 5.91 Å². The molecule has 1 amide bonds. The first-order chi connectivity index (χ1) is 9.49. The highest BCUT2D eigenvalue weighted by Crippen LogP contribution is 2.23. The smallest absolute Gasteiger partial charge is 0.255 e. The fourth-order valence-corrected chi connectivity index (χ4v) is 2.73. The second-order valence-corrected chi connectivity index (χ2v) is 5.77. The first-order valence-corrected chi connectivity index (χ1v) is 7.20. The van der Waals surface area contributed by atoms with Crippen molar-refractivity contribution in [3.63, 3.8) is 0 Å². The van der Waals surface area contributed by atoms with Gasteiger partial charge in [0.25, 0.3) is 5.91 Å². The summed E-state index contributed by atoms with van der Waals surface area (Å²) in [5.41, 5.74) is 8.08. The third kappa shape index (κ3) is 3.32. The number of carbonyl (C=O) groups is 1. The van der Waals surface area contributed by atoms with Gasteiger partial charge in [0.1, 0.15) is 0 Å². The van der Waals surface area contributed by atoms with Crippen molar-refractivity contribution in [2.75, 3.05) is 12.8 Å². The predicted octanol–water partition coefficient (Wildman–Crippen LogP) is 3.96. The van der Waals surface area contributed by atoms with Crippen molar-refractivity contribution in [1.82, 2.24) is 4.90 Å². The highest BCUT2D eigenvalue weighted by atomic mass is 79.9. The molecule has 20 heavy (non-hydrogen) atoms. The molecule has 2 aromatic carbocycles. The Bertz CT molecular complexity index is 646. The molecule has 0 aliphatic carbocycles. The zero-order valence-electron chi connectivity index (χ0n) is 10.9. The highest BCUT2D eigenvalue weighted by Gasteiger charge is 2.16.